The molecule has 0 spiro atoms. The summed E-state index contributed by atoms with van der Waals surface area (Å²) in [5.74, 6) is -0.0613. The molecular formula is C21H17FN2O5S. The normalized spacial score (nSPS) is 15.3. The Bertz CT molecular complexity index is 1180. The van der Waals surface area contributed by atoms with Gasteiger partial charge in [0.2, 0.25) is 6.10 Å². The summed E-state index contributed by atoms with van der Waals surface area (Å²) in [4.78, 5) is 12.4. The second-order valence-corrected chi connectivity index (χ2v) is 8.15. The first kappa shape index (κ1) is 19.7. The molecule has 30 heavy (non-hydrogen) atoms. The number of fused-ring (bicyclic) bond motifs is 1. The van der Waals surface area contributed by atoms with Crippen LogP contribution in [0.2, 0.25) is 0 Å². The van der Waals surface area contributed by atoms with Gasteiger partial charge in [-0.15, -0.1) is 0 Å². The SMILES string of the molecule is O=C(Nc1ccc(S(=O)(=O)Nc2ccccc2F)cc1)C1COc2ccccc2O1. The van der Waals surface area contributed by atoms with E-state index in [0.29, 0.717) is 17.2 Å². The van der Waals surface area contributed by atoms with Gasteiger partial charge in [-0.05, 0) is 48.5 Å². The van der Waals surface area contributed by atoms with Gasteiger partial charge in [0.15, 0.2) is 11.5 Å². The molecule has 0 aliphatic carbocycles. The number of anilines is 2. The summed E-state index contributed by atoms with van der Waals surface area (Å²) in [5.41, 5.74) is 0.233. The number of carbonyl (C=O) groups is 1. The third-order valence-electron chi connectivity index (χ3n) is 4.35. The molecule has 3 aromatic rings. The Hall–Kier alpha value is -3.59. The summed E-state index contributed by atoms with van der Waals surface area (Å²) in [6.45, 7) is 0.0574. The first-order valence-electron chi connectivity index (χ1n) is 8.99. The van der Waals surface area contributed by atoms with Crippen molar-refractivity contribution in [1.29, 1.82) is 0 Å². The molecule has 2 N–H and O–H groups in total. The zero-order valence-electron chi connectivity index (χ0n) is 15.5. The average molecular weight is 428 g/mol. The van der Waals surface area contributed by atoms with Gasteiger partial charge in [0.05, 0.1) is 10.6 Å². The monoisotopic (exact) mass is 428 g/mol. The maximum Gasteiger partial charge on any atom is 0.269 e. The van der Waals surface area contributed by atoms with Crippen LogP contribution in [0, 0.1) is 5.82 Å². The molecule has 0 radical (unpaired) electrons. The predicted molar refractivity (Wildman–Crippen MR) is 109 cm³/mol. The van der Waals surface area contributed by atoms with E-state index in [1.165, 1.54) is 42.5 Å². The van der Waals surface area contributed by atoms with Gasteiger partial charge >= 0.3 is 0 Å². The number of amides is 1. The lowest BCUT2D eigenvalue weighted by molar-refractivity contribution is -0.125. The lowest BCUT2D eigenvalue weighted by Gasteiger charge is -2.25. The van der Waals surface area contributed by atoms with Gasteiger partial charge in [-0.25, -0.2) is 12.8 Å². The topological polar surface area (TPSA) is 93.7 Å². The number of hydrogen-bond donors (Lipinski definition) is 2. The van der Waals surface area contributed by atoms with Crippen LogP contribution >= 0.6 is 0 Å². The van der Waals surface area contributed by atoms with E-state index in [0.717, 1.165) is 6.07 Å². The molecule has 0 fully saturated rings. The highest BCUT2D eigenvalue weighted by molar-refractivity contribution is 7.92. The zero-order chi connectivity index (χ0) is 21.1. The third kappa shape index (κ3) is 4.20. The quantitative estimate of drug-likeness (QED) is 0.650. The molecule has 0 saturated carbocycles. The number of para-hydroxylation sites is 3. The smallest absolute Gasteiger partial charge is 0.269 e. The van der Waals surface area contributed by atoms with Crippen molar-refractivity contribution in [3.8, 4) is 11.5 Å². The van der Waals surface area contributed by atoms with Crippen LogP contribution in [0.15, 0.2) is 77.7 Å². The van der Waals surface area contributed by atoms with Gasteiger partial charge in [-0.1, -0.05) is 24.3 Å². The van der Waals surface area contributed by atoms with Gasteiger partial charge in [-0.3, -0.25) is 9.52 Å². The van der Waals surface area contributed by atoms with Crippen molar-refractivity contribution in [1.82, 2.24) is 0 Å². The fourth-order valence-corrected chi connectivity index (χ4v) is 3.90. The lowest BCUT2D eigenvalue weighted by Crippen LogP contribution is -2.40. The van der Waals surface area contributed by atoms with Gasteiger partial charge in [0.25, 0.3) is 15.9 Å². The minimum absolute atomic E-state index is 0.0574. The van der Waals surface area contributed by atoms with E-state index in [9.17, 15) is 17.6 Å². The molecule has 1 aliphatic rings. The van der Waals surface area contributed by atoms with Gasteiger partial charge in [0.1, 0.15) is 12.4 Å². The summed E-state index contributed by atoms with van der Waals surface area (Å²) < 4.78 is 52.0. The predicted octanol–water partition coefficient (Wildman–Crippen LogP) is 3.41. The second-order valence-electron chi connectivity index (χ2n) is 6.46. The highest BCUT2D eigenvalue weighted by Crippen LogP contribution is 2.31. The van der Waals surface area contributed by atoms with Crippen LogP contribution in [0.5, 0.6) is 11.5 Å². The largest absolute Gasteiger partial charge is 0.485 e. The van der Waals surface area contributed by atoms with Crippen molar-refractivity contribution in [3.05, 3.63) is 78.6 Å². The number of benzene rings is 3. The fourth-order valence-electron chi connectivity index (χ4n) is 2.84. The van der Waals surface area contributed by atoms with E-state index in [1.54, 1.807) is 24.3 Å². The molecule has 0 bridgehead atoms. The Balaban J connectivity index is 1.42. The van der Waals surface area contributed by atoms with Crippen molar-refractivity contribution in [2.45, 2.75) is 11.0 Å². The van der Waals surface area contributed by atoms with E-state index in [-0.39, 0.29) is 17.2 Å². The van der Waals surface area contributed by atoms with Crippen LogP contribution < -0.4 is 19.5 Å². The first-order chi connectivity index (χ1) is 14.4. The maximum atomic E-state index is 13.7. The van der Waals surface area contributed by atoms with E-state index < -0.39 is 27.9 Å². The summed E-state index contributed by atoms with van der Waals surface area (Å²) in [5, 5.41) is 2.66. The first-order valence-corrected chi connectivity index (χ1v) is 10.5. The van der Waals surface area contributed by atoms with Crippen LogP contribution in [-0.2, 0) is 14.8 Å². The van der Waals surface area contributed by atoms with Crippen LogP contribution in [0.25, 0.3) is 0 Å². The average Bonchev–Trinajstić information content (AvgIpc) is 2.75. The molecule has 1 aliphatic heterocycles. The highest BCUT2D eigenvalue weighted by atomic mass is 32.2. The van der Waals surface area contributed by atoms with E-state index >= 15 is 0 Å². The molecule has 1 heterocycles. The Morgan fingerprint density at radius 2 is 1.60 bits per heavy atom. The molecule has 0 saturated heterocycles. The molecule has 1 atom stereocenters. The fraction of sp³-hybridized carbons (Fsp3) is 0.0952. The van der Waals surface area contributed by atoms with E-state index in [2.05, 4.69) is 10.0 Å². The molecule has 3 aromatic carbocycles. The number of rotatable bonds is 5. The Morgan fingerprint density at radius 3 is 2.33 bits per heavy atom. The molecule has 154 valence electrons. The van der Waals surface area contributed by atoms with E-state index in [1.807, 2.05) is 0 Å². The Kier molecular flexibility index (Phi) is 5.28. The standard InChI is InChI=1S/C21H17FN2O5S/c22-16-5-1-2-6-17(16)24-30(26,27)15-11-9-14(10-12-15)23-21(25)20-13-28-18-7-3-4-8-19(18)29-20/h1-12,20,24H,13H2,(H,23,25). The second kappa shape index (κ2) is 8.03. The van der Waals surface area contributed by atoms with Crippen molar-refractivity contribution in [2.24, 2.45) is 0 Å². The lowest BCUT2D eigenvalue weighted by atomic mass is 10.2. The summed E-state index contributed by atoms with van der Waals surface area (Å²) in [6.07, 6.45) is -0.842. The van der Waals surface area contributed by atoms with Crippen LogP contribution in [-0.4, -0.2) is 27.0 Å². The minimum atomic E-state index is -3.98. The molecular weight excluding hydrogens is 411 g/mol. The Labute approximate surface area is 172 Å². The molecule has 0 aromatic heterocycles. The van der Waals surface area contributed by atoms with Crippen LogP contribution in [0.3, 0.4) is 0 Å². The number of sulfonamides is 1. The van der Waals surface area contributed by atoms with Gasteiger partial charge in [0, 0.05) is 5.69 Å². The summed E-state index contributed by atoms with van der Waals surface area (Å²) in [6, 6.07) is 18.0. The number of ether oxygens (including phenoxy) is 2. The molecule has 1 unspecified atom stereocenters. The summed E-state index contributed by atoms with van der Waals surface area (Å²) >= 11 is 0. The van der Waals surface area contributed by atoms with E-state index in [4.69, 9.17) is 9.47 Å². The zero-order valence-corrected chi connectivity index (χ0v) is 16.4. The van der Waals surface area contributed by atoms with Crippen molar-refractivity contribution >= 4 is 27.3 Å². The Morgan fingerprint density at radius 1 is 0.933 bits per heavy atom. The van der Waals surface area contributed by atoms with Crippen LogP contribution in [0.1, 0.15) is 0 Å². The minimum Gasteiger partial charge on any atom is -0.485 e. The third-order valence-corrected chi connectivity index (χ3v) is 5.73. The van der Waals surface area contributed by atoms with Gasteiger partial charge in [-0.2, -0.15) is 0 Å². The maximum absolute atomic E-state index is 13.7. The molecule has 1 amide bonds. The number of hydrogen-bond acceptors (Lipinski definition) is 5. The number of nitrogens with one attached hydrogen (secondary N) is 2. The molecule has 9 heteroatoms. The number of halogens is 1. The van der Waals surface area contributed by atoms with Crippen molar-refractivity contribution in [2.75, 3.05) is 16.6 Å². The molecule has 4 rings (SSSR count). The van der Waals surface area contributed by atoms with Crippen molar-refractivity contribution < 1.29 is 27.1 Å². The number of carbonyl (C=O) groups excluding carboxylic acids is 1. The summed E-state index contributed by atoms with van der Waals surface area (Å²) in [7, 11) is -3.98. The van der Waals surface area contributed by atoms with Crippen molar-refractivity contribution in [3.63, 3.8) is 0 Å². The highest BCUT2D eigenvalue weighted by Gasteiger charge is 2.27. The molecule has 7 nitrogen and oxygen atoms in total. The van der Waals surface area contributed by atoms with Crippen LogP contribution in [0.4, 0.5) is 15.8 Å². The van der Waals surface area contributed by atoms with Gasteiger partial charge < -0.3 is 14.8 Å².